The van der Waals surface area contributed by atoms with Crippen LogP contribution in [0.3, 0.4) is 0 Å². The average Bonchev–Trinajstić information content (AvgIpc) is 2.56. The van der Waals surface area contributed by atoms with E-state index in [0.29, 0.717) is 12.0 Å². The summed E-state index contributed by atoms with van der Waals surface area (Å²) in [4.78, 5) is 23.9. The molecule has 0 atom stereocenters. The van der Waals surface area contributed by atoms with Crippen LogP contribution in [-0.4, -0.2) is 12.3 Å². The predicted octanol–water partition coefficient (Wildman–Crippen LogP) is 4.39. The largest absolute Gasteiger partial charge is 0.295 e. The van der Waals surface area contributed by atoms with E-state index in [-0.39, 0.29) is 5.41 Å². The van der Waals surface area contributed by atoms with Crippen molar-refractivity contribution in [3.05, 3.63) is 71.1 Å². The Labute approximate surface area is 147 Å². The van der Waals surface area contributed by atoms with Crippen LogP contribution >= 0.6 is 11.8 Å². The zero-order valence-electron chi connectivity index (χ0n) is 14.1. The van der Waals surface area contributed by atoms with Gasteiger partial charge < -0.3 is 0 Å². The van der Waals surface area contributed by atoms with Crippen LogP contribution < -0.4 is 5.32 Å². The number of carbonyl (C=O) groups is 2. The van der Waals surface area contributed by atoms with Crippen molar-refractivity contribution in [1.29, 1.82) is 0 Å². The van der Waals surface area contributed by atoms with Gasteiger partial charge in [-0.3, -0.25) is 14.9 Å². The Balaban J connectivity index is 2.32. The molecule has 0 aromatic heterocycles. The molecule has 0 aliphatic heterocycles. The summed E-state index contributed by atoms with van der Waals surface area (Å²) in [5, 5.41) is 4.00. The Bertz CT molecular complexity index is 728. The summed E-state index contributed by atoms with van der Waals surface area (Å²) in [6, 6.07) is 17.6. The van der Waals surface area contributed by atoms with Gasteiger partial charge in [0.25, 0.3) is 5.91 Å². The highest BCUT2D eigenvalue weighted by molar-refractivity contribution is 8.02. The van der Waals surface area contributed by atoms with Gasteiger partial charge in [0.2, 0.25) is 6.41 Å². The highest BCUT2D eigenvalue weighted by atomic mass is 32.2. The third-order valence-corrected chi connectivity index (χ3v) is 4.45. The number of nitrogens with one attached hydrogen (secondary N) is 1. The maximum atomic E-state index is 12.2. The zero-order chi connectivity index (χ0) is 17.6. The second-order valence-corrected chi connectivity index (χ2v) is 7.32. The molecular formula is C20H21NO2S. The summed E-state index contributed by atoms with van der Waals surface area (Å²) in [6.45, 7) is 6.43. The molecule has 2 aromatic rings. The zero-order valence-corrected chi connectivity index (χ0v) is 14.9. The van der Waals surface area contributed by atoms with Gasteiger partial charge in [0, 0.05) is 4.90 Å². The number of hydrogen-bond donors (Lipinski definition) is 1. The molecule has 2 rings (SSSR count). The maximum absolute atomic E-state index is 12.2. The molecule has 0 radical (unpaired) electrons. The Morgan fingerprint density at radius 1 is 1.00 bits per heavy atom. The Hall–Kier alpha value is -2.33. The molecule has 3 nitrogen and oxygen atoms in total. The third-order valence-electron chi connectivity index (χ3n) is 3.55. The molecule has 4 heteroatoms. The van der Waals surface area contributed by atoms with Crippen LogP contribution in [-0.2, 0) is 15.0 Å². The quantitative estimate of drug-likeness (QED) is 0.499. The summed E-state index contributed by atoms with van der Waals surface area (Å²) in [6.07, 6.45) is 0.410. The molecule has 1 N–H and O–H groups in total. The molecule has 24 heavy (non-hydrogen) atoms. The van der Waals surface area contributed by atoms with Gasteiger partial charge in [-0.05, 0) is 34.1 Å². The highest BCUT2D eigenvalue weighted by Crippen LogP contribution is 2.27. The van der Waals surface area contributed by atoms with Crippen molar-refractivity contribution in [2.24, 2.45) is 0 Å². The summed E-state index contributed by atoms with van der Waals surface area (Å²) in [5.74, 6) is -0.406. The summed E-state index contributed by atoms with van der Waals surface area (Å²) in [7, 11) is 0. The van der Waals surface area contributed by atoms with Gasteiger partial charge in [0.1, 0.15) is 0 Å². The molecule has 124 valence electrons. The van der Waals surface area contributed by atoms with Crippen LogP contribution in [0.25, 0.3) is 5.57 Å². The van der Waals surface area contributed by atoms with Gasteiger partial charge >= 0.3 is 0 Å². The van der Waals surface area contributed by atoms with E-state index in [4.69, 9.17) is 0 Å². The molecular weight excluding hydrogens is 318 g/mol. The first-order chi connectivity index (χ1) is 11.4. The van der Waals surface area contributed by atoms with Crippen molar-refractivity contribution in [2.75, 3.05) is 0 Å². The van der Waals surface area contributed by atoms with Crippen LogP contribution in [0.4, 0.5) is 0 Å². The second-order valence-electron chi connectivity index (χ2n) is 6.38. The number of carbonyl (C=O) groups excluding carboxylic acids is 2. The van der Waals surface area contributed by atoms with E-state index in [1.165, 1.54) is 17.3 Å². The molecule has 0 unspecified atom stereocenters. The summed E-state index contributed by atoms with van der Waals surface area (Å²) in [5.41, 5.74) is 2.49. The van der Waals surface area contributed by atoms with Crippen molar-refractivity contribution < 1.29 is 9.59 Å². The number of amides is 2. The number of thioether (sulfide) groups is 1. The van der Waals surface area contributed by atoms with Crippen molar-refractivity contribution in [1.82, 2.24) is 5.32 Å². The smallest absolute Gasteiger partial charge is 0.258 e. The van der Waals surface area contributed by atoms with E-state index < -0.39 is 5.91 Å². The minimum absolute atomic E-state index is 0.0479. The van der Waals surface area contributed by atoms with Crippen molar-refractivity contribution in [3.8, 4) is 0 Å². The number of hydrogen-bond acceptors (Lipinski definition) is 3. The van der Waals surface area contributed by atoms with Crippen LogP contribution in [0.2, 0.25) is 0 Å². The normalized spacial score (nSPS) is 11.9. The fourth-order valence-corrected chi connectivity index (χ4v) is 2.97. The SMILES string of the molecule is CC(C)(C)c1ccc(/C(=C/Sc2ccccc2)C(=O)NC=O)cc1. The minimum atomic E-state index is -0.406. The number of benzene rings is 2. The molecule has 2 aromatic carbocycles. The Morgan fingerprint density at radius 2 is 1.62 bits per heavy atom. The molecule has 0 spiro atoms. The van der Waals surface area contributed by atoms with E-state index in [1.807, 2.05) is 54.6 Å². The lowest BCUT2D eigenvalue weighted by molar-refractivity contribution is -0.121. The first-order valence-corrected chi connectivity index (χ1v) is 8.57. The first kappa shape index (κ1) is 18.0. The third kappa shape index (κ3) is 4.83. The molecule has 0 saturated carbocycles. The fourth-order valence-electron chi connectivity index (χ4n) is 2.16. The molecule has 0 fully saturated rings. The summed E-state index contributed by atoms with van der Waals surface area (Å²) < 4.78 is 0. The molecule has 0 aliphatic carbocycles. The second kappa shape index (κ2) is 7.97. The van der Waals surface area contributed by atoms with E-state index >= 15 is 0 Å². The van der Waals surface area contributed by atoms with Crippen molar-refractivity contribution >= 4 is 29.7 Å². The molecule has 0 bridgehead atoms. The predicted molar refractivity (Wildman–Crippen MR) is 99.6 cm³/mol. The van der Waals surface area contributed by atoms with Crippen molar-refractivity contribution in [3.63, 3.8) is 0 Å². The monoisotopic (exact) mass is 339 g/mol. The lowest BCUT2D eigenvalue weighted by Gasteiger charge is -2.19. The Kier molecular flexibility index (Phi) is 5.99. The van der Waals surface area contributed by atoms with E-state index in [2.05, 4.69) is 26.1 Å². The molecule has 2 amide bonds. The van der Waals surface area contributed by atoms with Crippen LogP contribution in [0, 0.1) is 0 Å². The number of rotatable bonds is 5. The topological polar surface area (TPSA) is 46.2 Å². The number of imide groups is 1. The first-order valence-electron chi connectivity index (χ1n) is 7.69. The highest BCUT2D eigenvalue weighted by Gasteiger charge is 2.16. The van der Waals surface area contributed by atoms with Crippen LogP contribution in [0.1, 0.15) is 31.9 Å². The van der Waals surface area contributed by atoms with Gasteiger partial charge in [-0.2, -0.15) is 0 Å². The molecule has 0 aliphatic rings. The lowest BCUT2D eigenvalue weighted by Crippen LogP contribution is -2.22. The van der Waals surface area contributed by atoms with E-state index in [0.717, 1.165) is 10.5 Å². The Morgan fingerprint density at radius 3 is 2.17 bits per heavy atom. The lowest BCUT2D eigenvalue weighted by atomic mass is 9.86. The van der Waals surface area contributed by atoms with Gasteiger partial charge in [-0.15, -0.1) is 0 Å². The molecule has 0 saturated heterocycles. The maximum Gasteiger partial charge on any atom is 0.258 e. The van der Waals surface area contributed by atoms with Crippen LogP contribution in [0.5, 0.6) is 0 Å². The fraction of sp³-hybridized carbons (Fsp3) is 0.200. The van der Waals surface area contributed by atoms with Gasteiger partial charge in [-0.1, -0.05) is 75.0 Å². The average molecular weight is 339 g/mol. The van der Waals surface area contributed by atoms with E-state index in [1.54, 1.807) is 5.41 Å². The van der Waals surface area contributed by atoms with Gasteiger partial charge in [-0.25, -0.2) is 0 Å². The van der Waals surface area contributed by atoms with E-state index in [9.17, 15) is 9.59 Å². The molecule has 0 heterocycles. The van der Waals surface area contributed by atoms with Gasteiger partial charge in [0.15, 0.2) is 0 Å². The van der Waals surface area contributed by atoms with Crippen LogP contribution in [0.15, 0.2) is 64.9 Å². The van der Waals surface area contributed by atoms with Gasteiger partial charge in [0.05, 0.1) is 5.57 Å². The van der Waals surface area contributed by atoms with Crippen molar-refractivity contribution in [2.45, 2.75) is 31.1 Å². The standard InChI is InChI=1S/C20H21NO2S/c1-20(2,3)16-11-9-15(10-12-16)18(19(23)21-14-22)13-24-17-7-5-4-6-8-17/h4-14H,1-3H3,(H,21,22,23)/b18-13-. The summed E-state index contributed by atoms with van der Waals surface area (Å²) >= 11 is 1.45. The minimum Gasteiger partial charge on any atom is -0.295 e.